The van der Waals surface area contributed by atoms with E-state index in [1.807, 2.05) is 0 Å². The molecule has 22 heteroatoms. The van der Waals surface area contributed by atoms with Crippen molar-refractivity contribution in [2.75, 3.05) is 12.3 Å². The van der Waals surface area contributed by atoms with E-state index in [0.29, 0.717) is 5.56 Å². The number of aromatic nitrogens is 4. The van der Waals surface area contributed by atoms with Crippen molar-refractivity contribution < 1.29 is 42.0 Å². The number of thiazole rings is 1. The van der Waals surface area contributed by atoms with Gasteiger partial charge in [0.2, 0.25) is 0 Å². The van der Waals surface area contributed by atoms with Crippen molar-refractivity contribution >= 4 is 56.1 Å². The van der Waals surface area contributed by atoms with E-state index in [0.717, 1.165) is 11.3 Å². The van der Waals surface area contributed by atoms with Crippen LogP contribution in [0.3, 0.4) is 0 Å². The highest BCUT2D eigenvalue weighted by Gasteiger charge is 2.54. The molecule has 234 valence electrons. The summed E-state index contributed by atoms with van der Waals surface area (Å²) in [6, 6.07) is 3.03. The fourth-order valence-corrected chi connectivity index (χ4v) is 5.24. The average Bonchev–Trinajstić information content (AvgIpc) is 3.61. The van der Waals surface area contributed by atoms with Gasteiger partial charge < -0.3 is 37.2 Å². The Kier molecular flexibility index (Phi) is 9.37. The van der Waals surface area contributed by atoms with Crippen LogP contribution in [-0.2, 0) is 42.6 Å². The molecule has 0 saturated carbocycles. The number of oxime groups is 1. The number of nitrogens with two attached hydrogens (primary N) is 3. The number of nitrogens with zero attached hydrogens (tertiary/aromatic N) is 6. The van der Waals surface area contributed by atoms with Crippen LogP contribution in [0.1, 0.15) is 17.1 Å². The Hall–Kier alpha value is -5.19. The van der Waals surface area contributed by atoms with Gasteiger partial charge in [-0.25, -0.2) is 19.1 Å². The Labute approximate surface area is 251 Å². The molecule has 2 amide bonds. The first kappa shape index (κ1) is 31.7. The number of carbonyl (C=O) groups is 3. The van der Waals surface area contributed by atoms with Gasteiger partial charge in [0.1, 0.15) is 36.3 Å². The fourth-order valence-electron chi connectivity index (χ4n) is 3.82. The monoisotopic (exact) mass is 651 g/mol. The molecule has 44 heavy (non-hydrogen) atoms. The summed E-state index contributed by atoms with van der Waals surface area (Å²) < 4.78 is 40.0. The SMILES string of the molecule is N=C(N)c1ccc(OC[C@H](O/N=C(\C(=O)N[C@@H]2C(=O)N(S(=O)(=O)O)[C@@H]2Cn2cnc(CN)n2)c2csc(N)n2)C(=O)O)cc1. The molecule has 0 aliphatic carbocycles. The number of hydrogen-bond acceptors (Lipinski definition) is 15. The number of amidine groups is 1. The van der Waals surface area contributed by atoms with Crippen LogP contribution in [0.5, 0.6) is 5.75 Å². The van der Waals surface area contributed by atoms with Crippen LogP contribution < -0.4 is 27.3 Å². The highest BCUT2D eigenvalue weighted by atomic mass is 32.2. The van der Waals surface area contributed by atoms with Gasteiger partial charge >= 0.3 is 16.3 Å². The maximum atomic E-state index is 13.3. The smallest absolute Gasteiger partial charge is 0.362 e. The van der Waals surface area contributed by atoms with E-state index in [1.54, 1.807) is 0 Å². The first-order valence-electron chi connectivity index (χ1n) is 12.2. The van der Waals surface area contributed by atoms with Crippen molar-refractivity contribution in [3.8, 4) is 5.75 Å². The Morgan fingerprint density at radius 3 is 2.52 bits per heavy atom. The van der Waals surface area contributed by atoms with E-state index in [1.165, 1.54) is 40.7 Å². The molecule has 0 bridgehead atoms. The molecule has 3 heterocycles. The largest absolute Gasteiger partial charge is 0.489 e. The summed E-state index contributed by atoms with van der Waals surface area (Å²) in [4.78, 5) is 50.8. The summed E-state index contributed by atoms with van der Waals surface area (Å²) in [5.41, 5.74) is 16.2. The second kappa shape index (κ2) is 13.0. The third kappa shape index (κ3) is 7.23. The molecule has 1 aliphatic heterocycles. The minimum atomic E-state index is -5.02. The summed E-state index contributed by atoms with van der Waals surface area (Å²) in [5, 5.41) is 28.3. The predicted octanol–water partition coefficient (Wildman–Crippen LogP) is -2.49. The predicted molar refractivity (Wildman–Crippen MR) is 151 cm³/mol. The van der Waals surface area contributed by atoms with Gasteiger partial charge in [-0.05, 0) is 24.3 Å². The van der Waals surface area contributed by atoms with Crippen molar-refractivity contribution in [3.05, 3.63) is 53.1 Å². The van der Waals surface area contributed by atoms with Crippen LogP contribution in [0, 0.1) is 5.41 Å². The van der Waals surface area contributed by atoms with Crippen molar-refractivity contribution in [1.82, 2.24) is 29.4 Å². The first-order chi connectivity index (χ1) is 20.8. The second-order valence-electron chi connectivity index (χ2n) is 8.91. The van der Waals surface area contributed by atoms with Crippen LogP contribution in [0.15, 0.2) is 41.1 Å². The normalized spacial score (nSPS) is 17.5. The maximum absolute atomic E-state index is 13.3. The van der Waals surface area contributed by atoms with E-state index in [-0.39, 0.29) is 45.6 Å². The van der Waals surface area contributed by atoms with Gasteiger partial charge in [-0.15, -0.1) is 11.3 Å². The second-order valence-corrected chi connectivity index (χ2v) is 11.1. The molecule has 0 radical (unpaired) electrons. The van der Waals surface area contributed by atoms with Gasteiger partial charge in [0.05, 0.1) is 19.1 Å². The van der Waals surface area contributed by atoms with E-state index in [4.69, 9.17) is 32.2 Å². The lowest BCUT2D eigenvalue weighted by molar-refractivity contribution is -0.152. The fraction of sp³-hybridized carbons (Fsp3) is 0.273. The zero-order valence-electron chi connectivity index (χ0n) is 22.3. The Morgan fingerprint density at radius 2 is 1.98 bits per heavy atom. The highest BCUT2D eigenvalue weighted by molar-refractivity contribution is 7.84. The van der Waals surface area contributed by atoms with Gasteiger partial charge in [-0.1, -0.05) is 5.16 Å². The molecule has 20 nitrogen and oxygen atoms in total. The van der Waals surface area contributed by atoms with Crippen LogP contribution in [0.4, 0.5) is 5.13 Å². The minimum Gasteiger partial charge on any atom is -0.489 e. The Balaban J connectivity index is 1.53. The number of carboxylic acids is 1. The number of nitrogen functional groups attached to an aromatic ring is 2. The molecular formula is C22H25N11O9S2. The van der Waals surface area contributed by atoms with Crippen LogP contribution >= 0.6 is 11.3 Å². The number of benzene rings is 1. The number of hydrogen-bond donors (Lipinski definition) is 7. The molecule has 4 rings (SSSR count). The quantitative estimate of drug-likeness (QED) is 0.0312. The number of carboxylic acid groups (broad SMARTS) is 1. The highest BCUT2D eigenvalue weighted by Crippen LogP contribution is 2.25. The zero-order chi connectivity index (χ0) is 32.2. The number of ether oxygens (including phenoxy) is 1. The molecule has 3 aromatic rings. The number of anilines is 1. The van der Waals surface area contributed by atoms with Crippen LogP contribution in [0.2, 0.25) is 0 Å². The summed E-state index contributed by atoms with van der Waals surface area (Å²) in [6.07, 6.45) is -0.519. The molecule has 1 saturated heterocycles. The molecule has 0 spiro atoms. The molecule has 10 N–H and O–H groups in total. The molecule has 1 aromatic carbocycles. The number of nitrogens with one attached hydrogen (secondary N) is 2. The first-order valence-corrected chi connectivity index (χ1v) is 14.5. The van der Waals surface area contributed by atoms with E-state index < -0.39 is 58.6 Å². The maximum Gasteiger partial charge on any atom is 0.362 e. The average molecular weight is 652 g/mol. The lowest BCUT2D eigenvalue weighted by atomic mass is 9.98. The van der Waals surface area contributed by atoms with Gasteiger partial charge in [0, 0.05) is 10.9 Å². The van der Waals surface area contributed by atoms with Gasteiger partial charge in [0.15, 0.2) is 16.7 Å². The summed E-state index contributed by atoms with van der Waals surface area (Å²) >= 11 is 0.920. The molecular weight excluding hydrogens is 626 g/mol. The number of carbonyl (C=O) groups excluding carboxylic acids is 2. The third-order valence-electron chi connectivity index (χ3n) is 5.94. The van der Waals surface area contributed by atoms with E-state index in [2.05, 4.69) is 25.5 Å². The third-order valence-corrected chi connectivity index (χ3v) is 7.56. The van der Waals surface area contributed by atoms with Crippen LogP contribution in [-0.4, -0.2) is 96.3 Å². The zero-order valence-corrected chi connectivity index (χ0v) is 23.9. The number of amides is 2. The molecule has 1 aliphatic rings. The van der Waals surface area contributed by atoms with Crippen molar-refractivity contribution in [2.45, 2.75) is 31.3 Å². The number of aliphatic carboxylic acids is 1. The van der Waals surface area contributed by atoms with E-state index >= 15 is 0 Å². The molecule has 2 aromatic heterocycles. The van der Waals surface area contributed by atoms with Crippen LogP contribution in [0.25, 0.3) is 0 Å². The topological polar surface area (TPSA) is 317 Å². The van der Waals surface area contributed by atoms with Crippen molar-refractivity contribution in [3.63, 3.8) is 0 Å². The number of rotatable bonds is 14. The molecule has 1 fully saturated rings. The van der Waals surface area contributed by atoms with Crippen molar-refractivity contribution in [2.24, 2.45) is 16.6 Å². The summed E-state index contributed by atoms with van der Waals surface area (Å²) in [7, 11) is -5.02. The van der Waals surface area contributed by atoms with Gasteiger partial charge in [0.25, 0.3) is 17.9 Å². The lowest BCUT2D eigenvalue weighted by Gasteiger charge is -2.43. The van der Waals surface area contributed by atoms with Gasteiger partial charge in [-0.3, -0.25) is 24.2 Å². The number of β-lactam (4-membered cyclic amide) rings is 1. The van der Waals surface area contributed by atoms with E-state index in [9.17, 15) is 32.5 Å². The minimum absolute atomic E-state index is 0.0182. The van der Waals surface area contributed by atoms with Crippen molar-refractivity contribution in [1.29, 1.82) is 5.41 Å². The summed E-state index contributed by atoms with van der Waals surface area (Å²) in [6.45, 7) is -0.909. The lowest BCUT2D eigenvalue weighted by Crippen LogP contribution is -2.73. The standard InChI is InChI=1S/C22H25N11O9S2/c23-5-15-27-9-32(30-15)6-13-17(20(35)33(13)44(38,39)40)29-19(34)16(12-8-43-22(26)28-12)31-42-14(21(36)37)7-41-11-3-1-10(2-4-11)18(24)25/h1-4,8-9,13-14,17H,5-7,23H2,(H3,24,25)(H2,26,28)(H,29,34)(H,36,37)(H,38,39,40)/b31-16-/t13-,14+,17+/m1/s1. The summed E-state index contributed by atoms with van der Waals surface area (Å²) in [5.74, 6) is -3.52. The Bertz CT molecular complexity index is 1710. The van der Waals surface area contributed by atoms with Gasteiger partial charge in [-0.2, -0.15) is 13.5 Å². The molecule has 3 atom stereocenters. The molecule has 0 unspecified atom stereocenters. The Morgan fingerprint density at radius 1 is 1.27 bits per heavy atom.